The number of fused-ring (bicyclic) bond motifs is 2. The first-order valence-corrected chi connectivity index (χ1v) is 19.9. The van der Waals surface area contributed by atoms with Crippen molar-refractivity contribution in [3.63, 3.8) is 0 Å². The van der Waals surface area contributed by atoms with Crippen molar-refractivity contribution in [1.82, 2.24) is 24.0 Å². The molecule has 3 fully saturated rings. The summed E-state index contributed by atoms with van der Waals surface area (Å²) in [6, 6.07) is 10.4. The van der Waals surface area contributed by atoms with Crippen LogP contribution in [0.1, 0.15) is 125 Å². The number of halogens is 4. The standard InChI is InChI=1S/C24H31F2N3O3.C19H24F2N2O2/c1-23(2,3)22-27-18-11-16(20(30)28-13-17(14-28)21(31)32-4)5-6-19(18)29(22)12-15-7-9-24(25,26)10-8-15;1-18(2,3)17-22-14-10-13(16(24)25)4-5-15(14)23(17)11-12-6-8-19(20,21)9-7-12/h5-6,11,15,17H,7-10,12-14H2,1-4H3;4-5,10,12H,6-9,11H2,1-3H3,(H,24,25). The molecule has 0 spiro atoms. The highest BCUT2D eigenvalue weighted by Gasteiger charge is 2.39. The molecule has 1 saturated heterocycles. The summed E-state index contributed by atoms with van der Waals surface area (Å²) in [6.07, 6.45) is 1.78. The van der Waals surface area contributed by atoms with Crippen molar-refractivity contribution in [3.8, 4) is 0 Å². The molecular weight excluding hydrogens is 742 g/mol. The third-order valence-corrected chi connectivity index (χ3v) is 11.6. The van der Waals surface area contributed by atoms with Crippen LogP contribution in [-0.4, -0.2) is 79.0 Å². The predicted octanol–water partition coefficient (Wildman–Crippen LogP) is 9.26. The van der Waals surface area contributed by atoms with E-state index in [1.807, 2.05) is 6.07 Å². The molecule has 3 aliphatic rings. The molecule has 1 amide bonds. The highest BCUT2D eigenvalue weighted by molar-refractivity contribution is 5.98. The van der Waals surface area contributed by atoms with Gasteiger partial charge in [0.2, 0.25) is 11.8 Å². The summed E-state index contributed by atoms with van der Waals surface area (Å²) in [5.41, 5.74) is 3.44. The van der Waals surface area contributed by atoms with Crippen molar-refractivity contribution in [3.05, 3.63) is 59.2 Å². The molecule has 2 saturated carbocycles. The lowest BCUT2D eigenvalue weighted by molar-refractivity contribution is -0.149. The third-order valence-electron chi connectivity index (χ3n) is 11.6. The minimum Gasteiger partial charge on any atom is -0.478 e. The van der Waals surface area contributed by atoms with E-state index in [2.05, 4.69) is 55.7 Å². The van der Waals surface area contributed by atoms with Gasteiger partial charge < -0.3 is 23.9 Å². The number of hydrogen-bond donors (Lipinski definition) is 1. The average molecular weight is 798 g/mol. The molecule has 0 atom stereocenters. The summed E-state index contributed by atoms with van der Waals surface area (Å²) in [4.78, 5) is 46.8. The van der Waals surface area contributed by atoms with E-state index < -0.39 is 17.8 Å². The molecule has 2 aromatic carbocycles. The van der Waals surface area contributed by atoms with Crippen molar-refractivity contribution < 1.29 is 41.8 Å². The first-order valence-electron chi connectivity index (χ1n) is 19.9. The number of ether oxygens (including phenoxy) is 1. The van der Waals surface area contributed by atoms with Crippen molar-refractivity contribution in [2.45, 2.75) is 129 Å². The average Bonchev–Trinajstić information content (AvgIpc) is 3.67. The van der Waals surface area contributed by atoms with Crippen LogP contribution in [0.5, 0.6) is 0 Å². The Kier molecular flexibility index (Phi) is 11.6. The van der Waals surface area contributed by atoms with Crippen LogP contribution in [0.25, 0.3) is 22.1 Å². The molecule has 0 bridgehead atoms. The van der Waals surface area contributed by atoms with E-state index in [1.165, 1.54) is 7.11 Å². The maximum Gasteiger partial charge on any atom is 0.335 e. The van der Waals surface area contributed by atoms with Crippen LogP contribution in [0.2, 0.25) is 0 Å². The molecule has 0 unspecified atom stereocenters. The summed E-state index contributed by atoms with van der Waals surface area (Å²) < 4.78 is 63.0. The van der Waals surface area contributed by atoms with E-state index in [0.29, 0.717) is 62.9 Å². The minimum atomic E-state index is -2.54. The fraction of sp³-hybridized carbons (Fsp3) is 0.605. The van der Waals surface area contributed by atoms with Crippen LogP contribution >= 0.6 is 0 Å². The van der Waals surface area contributed by atoms with Crippen LogP contribution in [0.3, 0.4) is 0 Å². The number of benzene rings is 2. The summed E-state index contributed by atoms with van der Waals surface area (Å²) in [6.45, 7) is 14.4. The molecule has 310 valence electrons. The molecule has 10 nitrogen and oxygen atoms in total. The van der Waals surface area contributed by atoms with Gasteiger partial charge in [0.1, 0.15) is 11.6 Å². The number of hydrogen-bond acceptors (Lipinski definition) is 6. The van der Waals surface area contributed by atoms with Gasteiger partial charge in [-0.3, -0.25) is 9.59 Å². The molecule has 14 heteroatoms. The number of nitrogens with zero attached hydrogens (tertiary/aromatic N) is 5. The van der Waals surface area contributed by atoms with E-state index in [9.17, 15) is 37.1 Å². The van der Waals surface area contributed by atoms with E-state index in [0.717, 1.165) is 28.2 Å². The first kappa shape index (κ1) is 42.1. The number of aromatic carboxylic acids is 1. The number of carbonyl (C=O) groups excluding carboxylic acids is 2. The molecule has 4 aromatic rings. The number of carboxylic acids is 1. The quantitative estimate of drug-likeness (QED) is 0.146. The van der Waals surface area contributed by atoms with E-state index in [1.54, 1.807) is 35.2 Å². The molecule has 1 aliphatic heterocycles. The van der Waals surface area contributed by atoms with E-state index in [4.69, 9.17) is 9.72 Å². The fourth-order valence-electron chi connectivity index (χ4n) is 8.26. The van der Waals surface area contributed by atoms with Gasteiger partial charge in [-0.2, -0.15) is 0 Å². The lowest BCUT2D eigenvalue weighted by Gasteiger charge is -2.37. The number of carboxylic acid groups (broad SMARTS) is 1. The van der Waals surface area contributed by atoms with Crippen molar-refractivity contribution in [1.29, 1.82) is 0 Å². The zero-order valence-corrected chi connectivity index (χ0v) is 34.0. The smallest absolute Gasteiger partial charge is 0.335 e. The van der Waals surface area contributed by atoms with Gasteiger partial charge in [0, 0.05) is 68.3 Å². The number of carbonyl (C=O) groups is 3. The normalized spacial score (nSPS) is 19.2. The molecular formula is C43H55F4N5O5. The third kappa shape index (κ3) is 9.46. The zero-order chi connectivity index (χ0) is 41.7. The van der Waals surface area contributed by atoms with Crippen molar-refractivity contribution in [2.24, 2.45) is 17.8 Å². The SMILES string of the molecule is CC(C)(C)c1nc2cc(C(=O)O)ccc2n1CC1CCC(F)(F)CC1.COC(=O)C1CN(C(=O)c2ccc3c(c2)nc(C(C)(C)C)n3CC2CCC(F)(F)CC2)C1. The van der Waals surface area contributed by atoms with Gasteiger partial charge in [-0.1, -0.05) is 41.5 Å². The Hall–Kier alpha value is -4.49. The second-order valence-corrected chi connectivity index (χ2v) is 18.3. The Labute approximate surface area is 331 Å². The van der Waals surface area contributed by atoms with Crippen LogP contribution in [0, 0.1) is 17.8 Å². The summed E-state index contributed by atoms with van der Waals surface area (Å²) in [7, 11) is 1.35. The molecule has 0 radical (unpaired) electrons. The van der Waals surface area contributed by atoms with Gasteiger partial charge in [-0.05, 0) is 73.9 Å². The second-order valence-electron chi connectivity index (χ2n) is 18.3. The minimum absolute atomic E-state index is 0.0572. The Balaban J connectivity index is 0.000000199. The van der Waals surface area contributed by atoms with Crippen LogP contribution < -0.4 is 0 Å². The van der Waals surface area contributed by atoms with Crippen molar-refractivity contribution in [2.75, 3.05) is 20.2 Å². The zero-order valence-electron chi connectivity index (χ0n) is 34.0. The van der Waals surface area contributed by atoms with Crippen molar-refractivity contribution >= 4 is 39.9 Å². The molecule has 57 heavy (non-hydrogen) atoms. The second kappa shape index (κ2) is 15.7. The van der Waals surface area contributed by atoms with Gasteiger partial charge in [0.15, 0.2) is 0 Å². The van der Waals surface area contributed by atoms with Crippen LogP contribution in [0.4, 0.5) is 17.6 Å². The summed E-state index contributed by atoms with van der Waals surface area (Å²) >= 11 is 0. The van der Waals surface area contributed by atoms with E-state index in [-0.39, 0.29) is 71.7 Å². The molecule has 2 aromatic heterocycles. The number of methoxy groups -OCH3 is 1. The highest BCUT2D eigenvalue weighted by atomic mass is 19.3. The van der Waals surface area contributed by atoms with Gasteiger partial charge in [-0.25, -0.2) is 32.3 Å². The largest absolute Gasteiger partial charge is 0.478 e. The Bertz CT molecular complexity index is 2120. The van der Waals surface area contributed by atoms with Gasteiger partial charge in [0.05, 0.1) is 40.7 Å². The Morgan fingerprint density at radius 1 is 0.719 bits per heavy atom. The number of amides is 1. The molecule has 1 N–H and O–H groups in total. The Morgan fingerprint density at radius 3 is 1.51 bits per heavy atom. The molecule has 2 aliphatic carbocycles. The van der Waals surface area contributed by atoms with Crippen LogP contribution in [-0.2, 0) is 33.5 Å². The number of likely N-dealkylation sites (tertiary alicyclic amines) is 1. The van der Waals surface area contributed by atoms with Gasteiger partial charge >= 0.3 is 11.9 Å². The highest BCUT2D eigenvalue weighted by Crippen LogP contribution is 2.40. The maximum absolute atomic E-state index is 13.6. The number of aromatic nitrogens is 4. The Morgan fingerprint density at radius 2 is 1.12 bits per heavy atom. The topological polar surface area (TPSA) is 120 Å². The monoisotopic (exact) mass is 797 g/mol. The summed E-state index contributed by atoms with van der Waals surface area (Å²) in [5, 5.41) is 9.18. The first-order chi connectivity index (χ1) is 26.5. The lowest BCUT2D eigenvalue weighted by Crippen LogP contribution is -2.53. The maximum atomic E-state index is 13.6. The molecule has 3 heterocycles. The number of alkyl halides is 4. The van der Waals surface area contributed by atoms with Gasteiger partial charge in [0.25, 0.3) is 5.91 Å². The van der Waals surface area contributed by atoms with E-state index >= 15 is 0 Å². The number of imidazole rings is 2. The number of rotatable bonds is 7. The number of esters is 1. The fourth-order valence-corrected chi connectivity index (χ4v) is 8.26. The lowest BCUT2D eigenvalue weighted by atomic mass is 9.86. The predicted molar refractivity (Wildman–Crippen MR) is 209 cm³/mol. The van der Waals surface area contributed by atoms with Crippen LogP contribution in [0.15, 0.2) is 36.4 Å². The summed E-state index contributed by atoms with van der Waals surface area (Å²) in [5.74, 6) is -4.61. The van der Waals surface area contributed by atoms with Gasteiger partial charge in [-0.15, -0.1) is 0 Å². The molecule has 7 rings (SSSR count).